The van der Waals surface area contributed by atoms with Crippen LogP contribution in [-0.4, -0.2) is 7.11 Å². The Hall–Kier alpha value is -2.67. The molecule has 7 heteroatoms. The number of methoxy groups -OCH3 is 1. The molecule has 98 valence electrons. The normalized spacial score (nSPS) is 10.0. The molecule has 0 fully saturated rings. The van der Waals surface area contributed by atoms with Gasteiger partial charge in [-0.2, -0.15) is 23.7 Å². The Balaban J connectivity index is 3.11. The van der Waals surface area contributed by atoms with Gasteiger partial charge in [-0.3, -0.25) is 0 Å². The van der Waals surface area contributed by atoms with E-state index in [0.717, 1.165) is 25.4 Å². The van der Waals surface area contributed by atoms with Crippen LogP contribution < -0.4 is 10.1 Å². The first-order valence-electron chi connectivity index (χ1n) is 4.94. The summed E-state index contributed by atoms with van der Waals surface area (Å²) in [5.41, 5.74) is -1.09. The van der Waals surface area contributed by atoms with Crippen LogP contribution in [0.5, 0.6) is 5.75 Å². The number of halogens is 3. The number of anilines is 1. The Morgan fingerprint density at radius 3 is 2.42 bits per heavy atom. The highest BCUT2D eigenvalue weighted by molar-refractivity contribution is 5.55. The number of nitrogens with zero attached hydrogens (tertiary/aromatic N) is 2. The van der Waals surface area contributed by atoms with Crippen molar-refractivity contribution in [2.24, 2.45) is 0 Å². The van der Waals surface area contributed by atoms with Gasteiger partial charge in [0.2, 0.25) is 0 Å². The van der Waals surface area contributed by atoms with E-state index in [-0.39, 0.29) is 17.0 Å². The zero-order chi connectivity index (χ0) is 14.5. The average Bonchev–Trinajstić information content (AvgIpc) is 2.38. The second kappa shape index (κ2) is 5.78. The minimum Gasteiger partial charge on any atom is -0.496 e. The highest BCUT2D eigenvalue weighted by Gasteiger charge is 2.34. The smallest absolute Gasteiger partial charge is 0.420 e. The van der Waals surface area contributed by atoms with Crippen molar-refractivity contribution >= 4 is 5.69 Å². The molecule has 0 saturated heterocycles. The number of benzene rings is 1. The molecule has 0 bridgehead atoms. The summed E-state index contributed by atoms with van der Waals surface area (Å²) in [4.78, 5) is 0. The van der Waals surface area contributed by atoms with E-state index in [1.807, 2.05) is 0 Å². The maximum Gasteiger partial charge on any atom is 0.420 e. The summed E-state index contributed by atoms with van der Waals surface area (Å²) >= 11 is 0. The summed E-state index contributed by atoms with van der Waals surface area (Å²) < 4.78 is 42.8. The quantitative estimate of drug-likeness (QED) is 0.854. The predicted octanol–water partition coefficient (Wildman–Crippen LogP) is 3.06. The van der Waals surface area contributed by atoms with Crippen molar-refractivity contribution in [1.29, 1.82) is 10.5 Å². The van der Waals surface area contributed by atoms with Gasteiger partial charge in [0, 0.05) is 11.9 Å². The molecule has 1 N–H and O–H groups in total. The number of nitrogens with one attached hydrogen (secondary N) is 1. The Labute approximate surface area is 107 Å². The van der Waals surface area contributed by atoms with E-state index in [1.165, 1.54) is 6.07 Å². The Kier molecular flexibility index (Phi) is 4.38. The summed E-state index contributed by atoms with van der Waals surface area (Å²) in [6.07, 6.45) is -3.53. The molecule has 1 aromatic rings. The van der Waals surface area contributed by atoms with E-state index >= 15 is 0 Å². The first-order valence-corrected chi connectivity index (χ1v) is 4.94. The van der Waals surface area contributed by atoms with E-state index in [2.05, 4.69) is 10.1 Å². The standard InChI is InChI=1S/C12H8F3N3O/c1-19-11-3-2-9(4-10(11)12(13,14)15)18-7-8(5-16)6-17/h2-4,7,18H,1H3. The van der Waals surface area contributed by atoms with E-state index in [4.69, 9.17) is 10.5 Å². The van der Waals surface area contributed by atoms with E-state index in [1.54, 1.807) is 12.1 Å². The lowest BCUT2D eigenvalue weighted by Gasteiger charge is -2.13. The summed E-state index contributed by atoms with van der Waals surface area (Å²) in [6, 6.07) is 6.49. The number of rotatable bonds is 3. The third-order valence-corrected chi connectivity index (χ3v) is 2.13. The zero-order valence-electron chi connectivity index (χ0n) is 9.75. The van der Waals surface area contributed by atoms with Crippen LogP contribution >= 0.6 is 0 Å². The van der Waals surface area contributed by atoms with Crippen molar-refractivity contribution in [1.82, 2.24) is 0 Å². The molecule has 1 aromatic carbocycles. The largest absolute Gasteiger partial charge is 0.496 e. The van der Waals surface area contributed by atoms with Crippen molar-refractivity contribution in [3.05, 3.63) is 35.5 Å². The van der Waals surface area contributed by atoms with Crippen molar-refractivity contribution < 1.29 is 17.9 Å². The van der Waals surface area contributed by atoms with Gasteiger partial charge >= 0.3 is 6.18 Å². The lowest BCUT2D eigenvalue weighted by Crippen LogP contribution is -2.08. The van der Waals surface area contributed by atoms with Gasteiger partial charge in [0.05, 0.1) is 12.7 Å². The molecule has 1 rings (SSSR count). The summed E-state index contributed by atoms with van der Waals surface area (Å²) in [7, 11) is 1.14. The Morgan fingerprint density at radius 2 is 1.95 bits per heavy atom. The highest BCUT2D eigenvalue weighted by atomic mass is 19.4. The second-order valence-electron chi connectivity index (χ2n) is 3.34. The fraction of sp³-hybridized carbons (Fsp3) is 0.167. The molecular weight excluding hydrogens is 259 g/mol. The lowest BCUT2D eigenvalue weighted by molar-refractivity contribution is -0.138. The number of hydrogen-bond donors (Lipinski definition) is 1. The van der Waals surface area contributed by atoms with Crippen LogP contribution in [-0.2, 0) is 6.18 Å². The average molecular weight is 267 g/mol. The fourth-order valence-corrected chi connectivity index (χ4v) is 1.26. The van der Waals surface area contributed by atoms with E-state index in [9.17, 15) is 13.2 Å². The lowest BCUT2D eigenvalue weighted by atomic mass is 10.1. The van der Waals surface area contributed by atoms with Crippen LogP contribution in [0.1, 0.15) is 5.56 Å². The molecule has 0 saturated carbocycles. The van der Waals surface area contributed by atoms with Crippen LogP contribution in [0.25, 0.3) is 0 Å². The Morgan fingerprint density at radius 1 is 1.32 bits per heavy atom. The fourth-order valence-electron chi connectivity index (χ4n) is 1.26. The zero-order valence-corrected chi connectivity index (χ0v) is 9.75. The number of alkyl halides is 3. The maximum atomic E-state index is 12.7. The van der Waals surface area contributed by atoms with Crippen molar-refractivity contribution in [3.63, 3.8) is 0 Å². The Bertz CT molecular complexity index is 563. The van der Waals surface area contributed by atoms with Gasteiger partial charge in [-0.15, -0.1) is 0 Å². The first kappa shape index (κ1) is 14.4. The van der Waals surface area contributed by atoms with Crippen LogP contribution in [0.2, 0.25) is 0 Å². The van der Waals surface area contributed by atoms with Gasteiger partial charge in [-0.05, 0) is 18.2 Å². The SMILES string of the molecule is COc1ccc(NC=C(C#N)C#N)cc1C(F)(F)F. The number of hydrogen-bond acceptors (Lipinski definition) is 4. The number of allylic oxidation sites excluding steroid dienone is 1. The molecule has 0 aliphatic carbocycles. The summed E-state index contributed by atoms with van der Waals surface area (Å²) in [5, 5.41) is 19.4. The molecule has 0 spiro atoms. The van der Waals surface area contributed by atoms with Crippen LogP contribution in [0, 0.1) is 22.7 Å². The maximum absolute atomic E-state index is 12.7. The minimum absolute atomic E-state index is 0.0936. The van der Waals surface area contributed by atoms with Gasteiger partial charge in [0.1, 0.15) is 23.5 Å². The third-order valence-electron chi connectivity index (χ3n) is 2.13. The molecule has 4 nitrogen and oxygen atoms in total. The summed E-state index contributed by atoms with van der Waals surface area (Å²) in [5.74, 6) is -0.303. The molecule has 0 atom stereocenters. The first-order chi connectivity index (χ1) is 8.92. The van der Waals surface area contributed by atoms with Gasteiger partial charge in [-0.25, -0.2) is 0 Å². The molecular formula is C12H8F3N3O. The second-order valence-corrected chi connectivity index (χ2v) is 3.34. The van der Waals surface area contributed by atoms with E-state index in [0.29, 0.717) is 0 Å². The molecule has 0 aromatic heterocycles. The van der Waals surface area contributed by atoms with Crippen LogP contribution in [0.3, 0.4) is 0 Å². The molecule has 0 aliphatic heterocycles. The van der Waals surface area contributed by atoms with Crippen LogP contribution in [0.4, 0.5) is 18.9 Å². The molecule has 0 amide bonds. The van der Waals surface area contributed by atoms with Gasteiger partial charge in [-0.1, -0.05) is 0 Å². The number of nitriles is 2. The summed E-state index contributed by atoms with van der Waals surface area (Å²) in [6.45, 7) is 0. The molecule has 0 radical (unpaired) electrons. The topological polar surface area (TPSA) is 68.8 Å². The van der Waals surface area contributed by atoms with Gasteiger partial charge < -0.3 is 10.1 Å². The van der Waals surface area contributed by atoms with Crippen LogP contribution in [0.15, 0.2) is 30.0 Å². The molecule has 0 heterocycles. The number of ether oxygens (including phenoxy) is 1. The minimum atomic E-state index is -4.56. The van der Waals surface area contributed by atoms with E-state index < -0.39 is 11.7 Å². The highest BCUT2D eigenvalue weighted by Crippen LogP contribution is 2.37. The van der Waals surface area contributed by atoms with Gasteiger partial charge in [0.15, 0.2) is 0 Å². The monoisotopic (exact) mass is 267 g/mol. The van der Waals surface area contributed by atoms with Crippen molar-refractivity contribution in [3.8, 4) is 17.9 Å². The molecule has 0 aliphatic rings. The molecule has 19 heavy (non-hydrogen) atoms. The van der Waals surface area contributed by atoms with Crippen molar-refractivity contribution in [2.45, 2.75) is 6.18 Å². The van der Waals surface area contributed by atoms with Crippen molar-refractivity contribution in [2.75, 3.05) is 12.4 Å². The predicted molar refractivity (Wildman–Crippen MR) is 60.9 cm³/mol. The molecule has 0 unspecified atom stereocenters. The third kappa shape index (κ3) is 3.65. The van der Waals surface area contributed by atoms with Gasteiger partial charge in [0.25, 0.3) is 0 Å².